The second-order valence-electron chi connectivity index (χ2n) is 6.69. The molecule has 3 rings (SSSR count). The lowest BCUT2D eigenvalue weighted by atomic mass is 10.1. The van der Waals surface area contributed by atoms with E-state index in [1.54, 1.807) is 11.0 Å². The molecule has 1 aliphatic heterocycles. The van der Waals surface area contributed by atoms with Gasteiger partial charge in [-0.15, -0.1) is 0 Å². The highest BCUT2D eigenvalue weighted by Gasteiger charge is 2.19. The minimum Gasteiger partial charge on any atom is -0.350 e. The summed E-state index contributed by atoms with van der Waals surface area (Å²) in [5, 5.41) is 7.14. The van der Waals surface area contributed by atoms with Gasteiger partial charge in [0.2, 0.25) is 0 Å². The van der Waals surface area contributed by atoms with E-state index in [9.17, 15) is 4.79 Å². The molecule has 1 amide bonds. The fraction of sp³-hybridized carbons (Fsp3) is 0.500. The summed E-state index contributed by atoms with van der Waals surface area (Å²) < 4.78 is 1.76. The van der Waals surface area contributed by atoms with E-state index in [2.05, 4.69) is 39.2 Å². The predicted molar refractivity (Wildman–Crippen MR) is 96.4 cm³/mol. The van der Waals surface area contributed by atoms with Crippen LogP contribution in [0, 0.1) is 0 Å². The van der Waals surface area contributed by atoms with Crippen molar-refractivity contribution in [3.63, 3.8) is 0 Å². The van der Waals surface area contributed by atoms with E-state index in [4.69, 9.17) is 0 Å². The zero-order valence-corrected chi connectivity index (χ0v) is 14.9. The number of carbonyl (C=O) groups excluding carboxylic acids is 1. The van der Waals surface area contributed by atoms with Gasteiger partial charge in [-0.1, -0.05) is 12.1 Å². The monoisotopic (exact) mass is 342 g/mol. The summed E-state index contributed by atoms with van der Waals surface area (Å²) in [5.41, 5.74) is 1.78. The second kappa shape index (κ2) is 8.22. The second-order valence-corrected chi connectivity index (χ2v) is 6.69. The van der Waals surface area contributed by atoms with Gasteiger partial charge in [0.1, 0.15) is 12.7 Å². The molecule has 134 valence electrons. The molecule has 7 nitrogen and oxygen atoms in total. The van der Waals surface area contributed by atoms with Gasteiger partial charge in [-0.05, 0) is 31.7 Å². The van der Waals surface area contributed by atoms with Crippen molar-refractivity contribution in [2.24, 2.45) is 0 Å². The number of carbonyl (C=O) groups is 1. The zero-order valence-electron chi connectivity index (χ0n) is 14.9. The Balaban J connectivity index is 1.47. The number of likely N-dealkylation sites (N-methyl/N-ethyl adjacent to an activating group) is 1. The highest BCUT2D eigenvalue weighted by atomic mass is 16.1. The number of rotatable bonds is 6. The van der Waals surface area contributed by atoms with Crippen molar-refractivity contribution >= 4 is 5.91 Å². The molecular formula is C18H26N6O. The highest BCUT2D eigenvalue weighted by Crippen LogP contribution is 2.07. The number of hydrogen-bond donors (Lipinski definition) is 1. The van der Waals surface area contributed by atoms with Crippen LogP contribution in [0.4, 0.5) is 0 Å². The van der Waals surface area contributed by atoms with Crippen LogP contribution >= 0.6 is 0 Å². The summed E-state index contributed by atoms with van der Waals surface area (Å²) in [4.78, 5) is 21.0. The molecule has 1 saturated heterocycles. The van der Waals surface area contributed by atoms with Crippen molar-refractivity contribution in [1.82, 2.24) is 29.9 Å². The lowest BCUT2D eigenvalue weighted by Gasteiger charge is -2.36. The minimum absolute atomic E-state index is 0.0201. The molecule has 0 spiro atoms. The summed E-state index contributed by atoms with van der Waals surface area (Å²) in [6.07, 6.45) is 3.20. The molecule has 0 aliphatic carbocycles. The van der Waals surface area contributed by atoms with Gasteiger partial charge in [0.15, 0.2) is 0 Å². The molecule has 1 atom stereocenters. The van der Waals surface area contributed by atoms with Crippen LogP contribution in [-0.2, 0) is 6.54 Å². The summed E-state index contributed by atoms with van der Waals surface area (Å²) in [6.45, 7) is 7.80. The molecule has 1 aliphatic rings. The number of hydrogen-bond acceptors (Lipinski definition) is 5. The lowest BCUT2D eigenvalue weighted by Crippen LogP contribution is -2.51. The van der Waals surface area contributed by atoms with Crippen LogP contribution in [0.25, 0.3) is 0 Å². The molecular weight excluding hydrogens is 316 g/mol. The summed E-state index contributed by atoms with van der Waals surface area (Å²) in [5.74, 6) is -0.0201. The first kappa shape index (κ1) is 17.6. The van der Waals surface area contributed by atoms with Crippen molar-refractivity contribution in [3.05, 3.63) is 48.0 Å². The van der Waals surface area contributed by atoms with Crippen LogP contribution in [0.2, 0.25) is 0 Å². The summed E-state index contributed by atoms with van der Waals surface area (Å²) >= 11 is 0. The maximum Gasteiger partial charge on any atom is 0.251 e. The third-order valence-corrected chi connectivity index (χ3v) is 4.75. The van der Waals surface area contributed by atoms with Crippen molar-refractivity contribution in [1.29, 1.82) is 0 Å². The molecule has 2 aromatic rings. The molecule has 0 saturated carbocycles. The Kier molecular flexibility index (Phi) is 5.78. The SMILES string of the molecule is C[C@@H](CNC(=O)c1ccc(Cn2cncn2)cc1)N1CCN(C)CC1. The third-order valence-electron chi connectivity index (χ3n) is 4.75. The molecule has 1 fully saturated rings. The topological polar surface area (TPSA) is 66.3 Å². The molecule has 2 heterocycles. The van der Waals surface area contributed by atoms with E-state index < -0.39 is 0 Å². The average Bonchev–Trinajstić information content (AvgIpc) is 3.13. The van der Waals surface area contributed by atoms with Crippen molar-refractivity contribution in [2.75, 3.05) is 39.8 Å². The number of nitrogens with one attached hydrogen (secondary N) is 1. The molecule has 25 heavy (non-hydrogen) atoms. The lowest BCUT2D eigenvalue weighted by molar-refractivity contribution is 0.0903. The standard InChI is InChI=1S/C18H26N6O/c1-15(23-9-7-22(2)8-10-23)11-20-18(25)17-5-3-16(4-6-17)12-24-14-19-13-21-24/h3-6,13-15H,7-12H2,1-2H3,(H,20,25)/t15-/m0/s1. The average molecular weight is 342 g/mol. The Bertz CT molecular complexity index is 661. The number of nitrogens with zero attached hydrogens (tertiary/aromatic N) is 5. The Labute approximate surface area is 148 Å². The van der Waals surface area contributed by atoms with E-state index in [-0.39, 0.29) is 5.91 Å². The van der Waals surface area contributed by atoms with Crippen LogP contribution in [0.15, 0.2) is 36.9 Å². The van der Waals surface area contributed by atoms with Crippen LogP contribution in [0.3, 0.4) is 0 Å². The maximum absolute atomic E-state index is 12.3. The first-order valence-corrected chi connectivity index (χ1v) is 8.74. The molecule has 0 unspecified atom stereocenters. The largest absolute Gasteiger partial charge is 0.350 e. The van der Waals surface area contributed by atoms with Gasteiger partial charge in [0, 0.05) is 44.3 Å². The van der Waals surface area contributed by atoms with Gasteiger partial charge >= 0.3 is 0 Å². The Morgan fingerprint density at radius 2 is 1.92 bits per heavy atom. The Morgan fingerprint density at radius 1 is 1.20 bits per heavy atom. The van der Waals surface area contributed by atoms with Crippen molar-refractivity contribution < 1.29 is 4.79 Å². The fourth-order valence-corrected chi connectivity index (χ4v) is 3.00. The van der Waals surface area contributed by atoms with Crippen LogP contribution < -0.4 is 5.32 Å². The smallest absolute Gasteiger partial charge is 0.251 e. The fourth-order valence-electron chi connectivity index (χ4n) is 3.00. The van der Waals surface area contributed by atoms with E-state index >= 15 is 0 Å². The van der Waals surface area contributed by atoms with Gasteiger partial charge in [0.25, 0.3) is 5.91 Å². The van der Waals surface area contributed by atoms with Crippen LogP contribution in [-0.4, -0.2) is 76.3 Å². The van der Waals surface area contributed by atoms with Crippen LogP contribution in [0.5, 0.6) is 0 Å². The van der Waals surface area contributed by atoms with Crippen molar-refractivity contribution in [2.45, 2.75) is 19.5 Å². The molecule has 1 aromatic heterocycles. The Morgan fingerprint density at radius 3 is 2.56 bits per heavy atom. The summed E-state index contributed by atoms with van der Waals surface area (Å²) in [6, 6.07) is 8.00. The summed E-state index contributed by atoms with van der Waals surface area (Å²) in [7, 11) is 2.15. The van der Waals surface area contributed by atoms with Crippen LogP contribution in [0.1, 0.15) is 22.8 Å². The highest BCUT2D eigenvalue weighted by molar-refractivity contribution is 5.94. The third kappa shape index (κ3) is 4.87. The molecule has 0 radical (unpaired) electrons. The number of benzene rings is 1. The van der Waals surface area contributed by atoms with Gasteiger partial charge < -0.3 is 10.2 Å². The number of amides is 1. The van der Waals surface area contributed by atoms with Gasteiger partial charge in [0.05, 0.1) is 6.54 Å². The molecule has 0 bridgehead atoms. The first-order chi connectivity index (χ1) is 12.1. The number of aromatic nitrogens is 3. The first-order valence-electron chi connectivity index (χ1n) is 8.74. The Hall–Kier alpha value is -2.25. The zero-order chi connectivity index (χ0) is 17.6. The minimum atomic E-state index is -0.0201. The van der Waals surface area contributed by atoms with Gasteiger partial charge in [-0.2, -0.15) is 5.10 Å². The molecule has 1 N–H and O–H groups in total. The normalized spacial score (nSPS) is 17.4. The van der Waals surface area contributed by atoms with Gasteiger partial charge in [-0.3, -0.25) is 9.69 Å². The molecule has 1 aromatic carbocycles. The van der Waals surface area contributed by atoms with E-state index in [0.717, 1.165) is 31.7 Å². The molecule has 7 heteroatoms. The van der Waals surface area contributed by atoms with E-state index in [1.807, 2.05) is 24.3 Å². The van der Waals surface area contributed by atoms with E-state index in [0.29, 0.717) is 24.7 Å². The van der Waals surface area contributed by atoms with Crippen molar-refractivity contribution in [3.8, 4) is 0 Å². The quantitative estimate of drug-likeness (QED) is 0.837. The van der Waals surface area contributed by atoms with Gasteiger partial charge in [-0.25, -0.2) is 9.67 Å². The van der Waals surface area contributed by atoms with E-state index in [1.165, 1.54) is 6.33 Å². The maximum atomic E-state index is 12.3. The number of piperazine rings is 1. The predicted octanol–water partition coefficient (Wildman–Crippen LogP) is 0.692.